The van der Waals surface area contributed by atoms with Crippen LogP contribution in [0.15, 0.2) is 18.3 Å². The van der Waals surface area contributed by atoms with Crippen LogP contribution in [0.3, 0.4) is 0 Å². The van der Waals surface area contributed by atoms with Crippen molar-refractivity contribution >= 4 is 22.5 Å². The Labute approximate surface area is 106 Å². The molecule has 2 aromatic heterocycles. The van der Waals surface area contributed by atoms with Crippen molar-refractivity contribution < 1.29 is 0 Å². The summed E-state index contributed by atoms with van der Waals surface area (Å²) in [6.45, 7) is 7.12. The number of allylic oxidation sites excluding steroid dienone is 2. The van der Waals surface area contributed by atoms with Crippen molar-refractivity contribution in [3.05, 3.63) is 34.8 Å². The lowest BCUT2D eigenvalue weighted by atomic mass is 10.2. The summed E-state index contributed by atoms with van der Waals surface area (Å²) in [6.07, 6.45) is 6.94. The molecule has 0 aliphatic heterocycles. The predicted molar refractivity (Wildman–Crippen MR) is 71.5 cm³/mol. The monoisotopic (exact) mass is 249 g/mol. The first-order valence-corrected chi connectivity index (χ1v) is 6.18. The molecule has 0 aromatic carbocycles. The summed E-state index contributed by atoms with van der Waals surface area (Å²) in [4.78, 5) is 0. The minimum atomic E-state index is 0.481. The molecule has 0 saturated carbocycles. The quantitative estimate of drug-likeness (QED) is 0.779. The summed E-state index contributed by atoms with van der Waals surface area (Å²) in [6, 6.07) is 0. The Balaban J connectivity index is 2.76. The highest BCUT2D eigenvalue weighted by molar-refractivity contribution is 6.33. The van der Waals surface area contributed by atoms with Crippen molar-refractivity contribution in [1.29, 1.82) is 0 Å². The van der Waals surface area contributed by atoms with Crippen LogP contribution in [0, 0.1) is 6.92 Å². The van der Waals surface area contributed by atoms with E-state index in [4.69, 9.17) is 11.6 Å². The second-order valence-electron chi connectivity index (χ2n) is 4.00. The summed E-state index contributed by atoms with van der Waals surface area (Å²) in [7, 11) is 0. The van der Waals surface area contributed by atoms with Gasteiger partial charge in [-0.25, -0.2) is 0 Å². The molecule has 0 atom stereocenters. The molecule has 3 nitrogen and oxygen atoms in total. The van der Waals surface area contributed by atoms with Gasteiger partial charge in [0.05, 0.1) is 11.7 Å². The number of hydrogen-bond acceptors (Lipinski definition) is 2. The van der Waals surface area contributed by atoms with Crippen LogP contribution in [0.5, 0.6) is 0 Å². The normalized spacial score (nSPS) is 11.8. The summed E-state index contributed by atoms with van der Waals surface area (Å²) < 4.78 is 2.22. The van der Waals surface area contributed by atoms with Crippen molar-refractivity contribution in [1.82, 2.24) is 14.8 Å². The molecule has 2 heterocycles. The Morgan fingerprint density at radius 1 is 1.47 bits per heavy atom. The average Bonchev–Trinajstić information content (AvgIpc) is 2.61. The number of halogens is 1. The Morgan fingerprint density at radius 3 is 2.88 bits per heavy atom. The summed E-state index contributed by atoms with van der Waals surface area (Å²) in [5.41, 5.74) is 3.55. The Morgan fingerprint density at radius 2 is 2.24 bits per heavy atom. The van der Waals surface area contributed by atoms with Crippen LogP contribution in [0.4, 0.5) is 0 Å². The second-order valence-corrected chi connectivity index (χ2v) is 4.36. The molecule has 0 fully saturated rings. The molecule has 2 aromatic rings. The maximum atomic E-state index is 6.16. The Kier molecular flexibility index (Phi) is 3.48. The molecule has 0 saturated heterocycles. The molecule has 0 radical (unpaired) electrons. The topological polar surface area (TPSA) is 30.7 Å². The predicted octanol–water partition coefficient (Wildman–Crippen LogP) is 3.53. The van der Waals surface area contributed by atoms with Gasteiger partial charge in [-0.15, -0.1) is 5.10 Å². The van der Waals surface area contributed by atoms with Gasteiger partial charge in [-0.2, -0.15) is 5.10 Å². The van der Waals surface area contributed by atoms with Gasteiger partial charge in [-0.05, 0) is 25.8 Å². The highest BCUT2D eigenvalue weighted by atomic mass is 35.5. The minimum absolute atomic E-state index is 0.481. The van der Waals surface area contributed by atoms with Crippen LogP contribution in [-0.2, 0) is 13.0 Å². The van der Waals surface area contributed by atoms with Gasteiger partial charge in [0.25, 0.3) is 0 Å². The molecule has 0 bridgehead atoms. The Hall–Kier alpha value is -1.35. The van der Waals surface area contributed by atoms with E-state index in [9.17, 15) is 0 Å². The standard InChI is InChI=1S/C13H16ClN3/c1-4-6-7-17-11(5-2)9(3)10-8-15-16-13(14)12(10)17/h4,6,8H,5,7H2,1-3H3. The van der Waals surface area contributed by atoms with Gasteiger partial charge in [0, 0.05) is 17.6 Å². The van der Waals surface area contributed by atoms with Crippen molar-refractivity contribution in [2.24, 2.45) is 0 Å². The molecule has 90 valence electrons. The first-order chi connectivity index (χ1) is 8.20. The summed E-state index contributed by atoms with van der Waals surface area (Å²) in [5.74, 6) is 0. The van der Waals surface area contributed by atoms with E-state index in [0.717, 1.165) is 23.9 Å². The van der Waals surface area contributed by atoms with E-state index in [-0.39, 0.29) is 0 Å². The van der Waals surface area contributed by atoms with Crippen LogP contribution >= 0.6 is 11.6 Å². The zero-order valence-electron chi connectivity index (χ0n) is 10.4. The van der Waals surface area contributed by atoms with Gasteiger partial charge in [0.2, 0.25) is 0 Å². The van der Waals surface area contributed by atoms with E-state index in [1.807, 2.05) is 13.0 Å². The van der Waals surface area contributed by atoms with Gasteiger partial charge >= 0.3 is 0 Å². The van der Waals surface area contributed by atoms with Gasteiger partial charge < -0.3 is 4.57 Å². The van der Waals surface area contributed by atoms with Crippen molar-refractivity contribution in [2.45, 2.75) is 33.7 Å². The highest BCUT2D eigenvalue weighted by Gasteiger charge is 2.15. The van der Waals surface area contributed by atoms with Crippen LogP contribution < -0.4 is 0 Å². The fourth-order valence-corrected chi connectivity index (χ4v) is 2.50. The number of nitrogens with zero attached hydrogens (tertiary/aromatic N) is 3. The lowest BCUT2D eigenvalue weighted by molar-refractivity contribution is 0.786. The molecule has 2 rings (SSSR count). The lowest BCUT2D eigenvalue weighted by Crippen LogP contribution is -2.01. The van der Waals surface area contributed by atoms with Crippen LogP contribution in [0.2, 0.25) is 5.15 Å². The van der Waals surface area contributed by atoms with Crippen molar-refractivity contribution in [2.75, 3.05) is 0 Å². The van der Waals surface area contributed by atoms with Crippen LogP contribution in [0.1, 0.15) is 25.1 Å². The molecule has 0 N–H and O–H groups in total. The van der Waals surface area contributed by atoms with Gasteiger partial charge in [0.15, 0.2) is 5.15 Å². The minimum Gasteiger partial charge on any atom is -0.338 e. The maximum absolute atomic E-state index is 6.16. The fourth-order valence-electron chi connectivity index (χ4n) is 2.25. The molecule has 0 unspecified atom stereocenters. The maximum Gasteiger partial charge on any atom is 0.175 e. The number of aromatic nitrogens is 3. The molecule has 0 aliphatic rings. The molecule has 0 aliphatic carbocycles. The third-order valence-electron chi connectivity index (χ3n) is 3.07. The molecule has 0 spiro atoms. The average molecular weight is 250 g/mol. The fraction of sp³-hybridized carbons (Fsp3) is 0.385. The van der Waals surface area contributed by atoms with E-state index in [0.29, 0.717) is 5.15 Å². The molecule has 17 heavy (non-hydrogen) atoms. The third kappa shape index (κ3) is 1.95. The number of fused-ring (bicyclic) bond motifs is 1. The Bertz CT molecular complexity index is 570. The van der Waals surface area contributed by atoms with E-state index in [1.165, 1.54) is 11.3 Å². The van der Waals surface area contributed by atoms with E-state index in [2.05, 4.69) is 34.7 Å². The first-order valence-electron chi connectivity index (χ1n) is 5.80. The van der Waals surface area contributed by atoms with Gasteiger partial charge in [-0.3, -0.25) is 0 Å². The zero-order chi connectivity index (χ0) is 12.4. The largest absolute Gasteiger partial charge is 0.338 e. The van der Waals surface area contributed by atoms with Crippen LogP contribution in [-0.4, -0.2) is 14.8 Å². The molecule has 0 amide bonds. The molecular weight excluding hydrogens is 234 g/mol. The molecular formula is C13H16ClN3. The van der Waals surface area contributed by atoms with E-state index >= 15 is 0 Å². The number of hydrogen-bond donors (Lipinski definition) is 0. The van der Waals surface area contributed by atoms with Gasteiger partial charge in [-0.1, -0.05) is 30.7 Å². The zero-order valence-corrected chi connectivity index (χ0v) is 11.1. The molecule has 4 heteroatoms. The smallest absolute Gasteiger partial charge is 0.175 e. The van der Waals surface area contributed by atoms with Crippen LogP contribution in [0.25, 0.3) is 10.9 Å². The van der Waals surface area contributed by atoms with E-state index in [1.54, 1.807) is 6.20 Å². The highest BCUT2D eigenvalue weighted by Crippen LogP contribution is 2.29. The van der Waals surface area contributed by atoms with Crippen molar-refractivity contribution in [3.63, 3.8) is 0 Å². The van der Waals surface area contributed by atoms with Crippen molar-refractivity contribution in [3.8, 4) is 0 Å². The second kappa shape index (κ2) is 4.88. The summed E-state index contributed by atoms with van der Waals surface area (Å²) >= 11 is 6.16. The van der Waals surface area contributed by atoms with Gasteiger partial charge in [0.1, 0.15) is 0 Å². The summed E-state index contributed by atoms with van der Waals surface area (Å²) in [5, 5.41) is 9.45. The third-order valence-corrected chi connectivity index (χ3v) is 3.33. The first kappa shape index (κ1) is 12.1. The number of aryl methyl sites for hydroxylation is 1. The lowest BCUT2D eigenvalue weighted by Gasteiger charge is -2.07. The number of rotatable bonds is 3. The SMILES string of the molecule is CC=CCn1c(CC)c(C)c2cnnc(Cl)c21. The van der Waals surface area contributed by atoms with E-state index < -0.39 is 0 Å².